The highest BCUT2D eigenvalue weighted by Gasteiger charge is 2.51. The zero-order valence-electron chi connectivity index (χ0n) is 22.3. The monoisotopic (exact) mass is 510 g/mol. The maximum atomic E-state index is 2.36. The van der Waals surface area contributed by atoms with E-state index in [1.165, 1.54) is 50.1 Å². The fraction of sp³-hybridized carbons (Fsp3) is 0.0500. The van der Waals surface area contributed by atoms with Gasteiger partial charge in [0.25, 0.3) is 0 Å². The van der Waals surface area contributed by atoms with E-state index in [1.807, 2.05) is 0 Å². The number of benzene rings is 6. The van der Waals surface area contributed by atoms with E-state index in [4.69, 9.17) is 0 Å². The summed E-state index contributed by atoms with van der Waals surface area (Å²) in [5.74, 6) is 0.0195. The lowest BCUT2D eigenvalue weighted by Crippen LogP contribution is -2.40. The van der Waals surface area contributed by atoms with Gasteiger partial charge < -0.3 is 0 Å². The van der Waals surface area contributed by atoms with Gasteiger partial charge >= 0.3 is 0 Å². The average Bonchev–Trinajstić information content (AvgIpc) is 3.05. The van der Waals surface area contributed by atoms with Crippen molar-refractivity contribution < 1.29 is 0 Å². The van der Waals surface area contributed by atoms with Crippen molar-refractivity contribution in [3.05, 3.63) is 215 Å². The van der Waals surface area contributed by atoms with Crippen molar-refractivity contribution in [1.82, 2.24) is 0 Å². The molecule has 0 aliphatic heterocycles. The van der Waals surface area contributed by atoms with Gasteiger partial charge in [0, 0.05) is 5.92 Å². The molecule has 6 aromatic carbocycles. The van der Waals surface area contributed by atoms with Crippen LogP contribution >= 0.6 is 0 Å². The molecule has 0 nitrogen and oxygen atoms in total. The molecule has 0 amide bonds. The van der Waals surface area contributed by atoms with Gasteiger partial charge in [-0.1, -0.05) is 176 Å². The van der Waals surface area contributed by atoms with E-state index >= 15 is 0 Å². The topological polar surface area (TPSA) is 0 Å². The van der Waals surface area contributed by atoms with Gasteiger partial charge in [0.2, 0.25) is 0 Å². The first-order valence-corrected chi connectivity index (χ1v) is 14.0. The van der Waals surface area contributed by atoms with Gasteiger partial charge in [0.15, 0.2) is 0 Å². The fourth-order valence-corrected chi connectivity index (χ4v) is 6.83. The van der Waals surface area contributed by atoms with Gasteiger partial charge in [-0.3, -0.25) is 0 Å². The van der Waals surface area contributed by atoms with Crippen LogP contribution in [-0.2, 0) is 5.41 Å². The highest BCUT2D eigenvalue weighted by molar-refractivity contribution is 6.05. The van der Waals surface area contributed by atoms with Gasteiger partial charge in [-0.15, -0.1) is 0 Å². The van der Waals surface area contributed by atoms with Crippen molar-refractivity contribution >= 4 is 11.1 Å². The summed E-state index contributed by atoms with van der Waals surface area (Å²) < 4.78 is 0. The summed E-state index contributed by atoms with van der Waals surface area (Å²) in [5, 5.41) is 0. The maximum Gasteiger partial charge on any atom is 0.0566 e. The highest BCUT2D eigenvalue weighted by Crippen LogP contribution is 2.61. The van der Waals surface area contributed by atoms with Crippen LogP contribution < -0.4 is 0 Å². The molecule has 0 heteroatoms. The summed E-state index contributed by atoms with van der Waals surface area (Å²) in [6, 6.07) is 64.4. The van der Waals surface area contributed by atoms with E-state index in [9.17, 15) is 0 Å². The maximum absolute atomic E-state index is 2.36. The Hall–Kier alpha value is -4.94. The molecule has 190 valence electrons. The van der Waals surface area contributed by atoms with Crippen LogP contribution in [0.25, 0.3) is 11.1 Å². The second-order valence-electron chi connectivity index (χ2n) is 10.5. The first-order valence-electron chi connectivity index (χ1n) is 14.0. The molecule has 0 radical (unpaired) electrons. The summed E-state index contributed by atoms with van der Waals surface area (Å²) in [6.07, 6.45) is 0. The third-order valence-electron chi connectivity index (χ3n) is 8.35. The van der Waals surface area contributed by atoms with Crippen LogP contribution in [0.15, 0.2) is 176 Å². The minimum Gasteiger partial charge on any atom is -0.0622 e. The Morgan fingerprint density at radius 3 is 1.35 bits per heavy atom. The molecule has 1 aliphatic rings. The van der Waals surface area contributed by atoms with Crippen molar-refractivity contribution in [3.8, 4) is 0 Å². The third-order valence-corrected chi connectivity index (χ3v) is 8.35. The molecule has 1 atom stereocenters. The van der Waals surface area contributed by atoms with Crippen molar-refractivity contribution in [3.63, 3.8) is 0 Å². The van der Waals surface area contributed by atoms with E-state index in [0.29, 0.717) is 0 Å². The van der Waals surface area contributed by atoms with E-state index < -0.39 is 5.41 Å². The van der Waals surface area contributed by atoms with Crippen LogP contribution in [0.3, 0.4) is 0 Å². The quantitative estimate of drug-likeness (QED) is 0.216. The van der Waals surface area contributed by atoms with Crippen molar-refractivity contribution in [2.45, 2.75) is 11.3 Å². The fourth-order valence-electron chi connectivity index (χ4n) is 6.83. The van der Waals surface area contributed by atoms with Crippen LogP contribution in [0.1, 0.15) is 44.9 Å². The molecular weight excluding hydrogens is 480 g/mol. The van der Waals surface area contributed by atoms with Gasteiger partial charge in [0.05, 0.1) is 5.41 Å². The molecule has 0 unspecified atom stereocenters. The Morgan fingerprint density at radius 2 is 0.800 bits per heavy atom. The Balaban J connectivity index is 1.73. The number of fused-ring (bicyclic) bond motifs is 1. The predicted octanol–water partition coefficient (Wildman–Crippen LogP) is 9.78. The highest BCUT2D eigenvalue weighted by atomic mass is 14.5. The number of hydrogen-bond acceptors (Lipinski definition) is 0. The number of allylic oxidation sites excluding steroid dienone is 1. The van der Waals surface area contributed by atoms with Crippen molar-refractivity contribution in [1.29, 1.82) is 0 Å². The molecule has 0 aromatic heterocycles. The normalized spacial score (nSPS) is 15.8. The van der Waals surface area contributed by atoms with Crippen LogP contribution in [0.4, 0.5) is 0 Å². The van der Waals surface area contributed by atoms with Crippen LogP contribution in [0.5, 0.6) is 0 Å². The van der Waals surface area contributed by atoms with Gasteiger partial charge in [-0.05, 0) is 50.1 Å². The Morgan fingerprint density at radius 1 is 0.375 bits per heavy atom. The first kappa shape index (κ1) is 24.1. The third kappa shape index (κ3) is 3.84. The van der Waals surface area contributed by atoms with E-state index in [0.717, 1.165) is 0 Å². The Bertz CT molecular complexity index is 1710. The van der Waals surface area contributed by atoms with Gasteiger partial charge in [0.1, 0.15) is 0 Å². The van der Waals surface area contributed by atoms with Gasteiger partial charge in [-0.2, -0.15) is 0 Å². The molecule has 0 saturated heterocycles. The minimum atomic E-state index is -0.454. The molecule has 7 rings (SSSR count). The molecule has 0 heterocycles. The first-order chi connectivity index (χ1) is 19.9. The van der Waals surface area contributed by atoms with E-state index in [-0.39, 0.29) is 5.92 Å². The molecule has 0 bridgehead atoms. The predicted molar refractivity (Wildman–Crippen MR) is 167 cm³/mol. The zero-order chi connectivity index (χ0) is 26.8. The van der Waals surface area contributed by atoms with E-state index in [2.05, 4.69) is 176 Å². The number of rotatable bonds is 5. The summed E-state index contributed by atoms with van der Waals surface area (Å²) in [6.45, 7) is 0. The Kier molecular flexibility index (Phi) is 6.22. The summed E-state index contributed by atoms with van der Waals surface area (Å²) in [7, 11) is 0. The summed E-state index contributed by atoms with van der Waals surface area (Å²) in [4.78, 5) is 0. The summed E-state index contributed by atoms with van der Waals surface area (Å²) >= 11 is 0. The second-order valence-corrected chi connectivity index (χ2v) is 10.5. The molecule has 1 aliphatic carbocycles. The standard InChI is InChI=1S/C40H30/c1-6-18-30(19-7-1)37-35-28-16-17-29-36(35)40(33-24-12-4-13-25-33,34-26-14-5-15-27-34)39(32-22-10-3-11-23-32)38(37)31-20-8-2-9-21-31/h1-29,39H/t39-/m1/s1. The SMILES string of the molecule is c1ccc(C2=C(c3ccccc3)[C@@H](c3ccccc3)C(c3ccccc3)(c3ccccc3)c3ccccc32)cc1. The molecule has 0 fully saturated rings. The lowest BCUT2D eigenvalue weighted by molar-refractivity contribution is 0.554. The van der Waals surface area contributed by atoms with Crippen LogP contribution in [0.2, 0.25) is 0 Å². The smallest absolute Gasteiger partial charge is 0.0566 e. The molecular formula is C40H30. The van der Waals surface area contributed by atoms with Crippen molar-refractivity contribution in [2.24, 2.45) is 0 Å². The average molecular weight is 511 g/mol. The van der Waals surface area contributed by atoms with Crippen LogP contribution in [-0.4, -0.2) is 0 Å². The van der Waals surface area contributed by atoms with Crippen molar-refractivity contribution in [2.75, 3.05) is 0 Å². The Labute approximate surface area is 236 Å². The molecule has 6 aromatic rings. The number of hydrogen-bond donors (Lipinski definition) is 0. The van der Waals surface area contributed by atoms with Crippen LogP contribution in [0, 0.1) is 0 Å². The zero-order valence-corrected chi connectivity index (χ0v) is 22.3. The second kappa shape index (κ2) is 10.3. The lowest BCUT2D eigenvalue weighted by Gasteiger charge is -2.49. The van der Waals surface area contributed by atoms with E-state index in [1.54, 1.807) is 0 Å². The molecule has 0 N–H and O–H groups in total. The lowest BCUT2D eigenvalue weighted by atomic mass is 9.52. The largest absolute Gasteiger partial charge is 0.0622 e. The molecule has 40 heavy (non-hydrogen) atoms. The molecule has 0 spiro atoms. The molecule has 0 saturated carbocycles. The van der Waals surface area contributed by atoms with Gasteiger partial charge in [-0.25, -0.2) is 0 Å². The minimum absolute atomic E-state index is 0.0195. The summed E-state index contributed by atoms with van der Waals surface area (Å²) in [5.41, 5.74) is 11.2.